The minimum absolute atomic E-state index is 0.130. The second-order valence-electron chi connectivity index (χ2n) is 2.51. The Morgan fingerprint density at radius 1 is 1.64 bits per heavy atom. The SMILES string of the molecule is N#CCc1c(I)cc(=O)[nH]c1C(F)F. The van der Waals surface area contributed by atoms with Gasteiger partial charge in [-0.25, -0.2) is 8.78 Å². The van der Waals surface area contributed by atoms with E-state index >= 15 is 0 Å². The molecular weight excluding hydrogens is 305 g/mol. The molecule has 14 heavy (non-hydrogen) atoms. The zero-order valence-corrected chi connectivity index (χ0v) is 9.01. The summed E-state index contributed by atoms with van der Waals surface area (Å²) in [5, 5.41) is 8.43. The van der Waals surface area contributed by atoms with E-state index < -0.39 is 17.7 Å². The van der Waals surface area contributed by atoms with Crippen LogP contribution in [0.15, 0.2) is 10.9 Å². The summed E-state index contributed by atoms with van der Waals surface area (Å²) in [5.74, 6) is 0. The fourth-order valence-electron chi connectivity index (χ4n) is 1.02. The van der Waals surface area contributed by atoms with Crippen molar-refractivity contribution in [3.63, 3.8) is 0 Å². The summed E-state index contributed by atoms with van der Waals surface area (Å²) in [6, 6.07) is 2.97. The molecule has 0 saturated heterocycles. The van der Waals surface area contributed by atoms with Gasteiger partial charge in [-0.3, -0.25) is 4.79 Å². The summed E-state index contributed by atoms with van der Waals surface area (Å²) in [6.45, 7) is 0. The van der Waals surface area contributed by atoms with Gasteiger partial charge in [0, 0.05) is 15.2 Å². The lowest BCUT2D eigenvalue weighted by molar-refractivity contribution is 0.144. The lowest BCUT2D eigenvalue weighted by Crippen LogP contribution is -2.13. The minimum Gasteiger partial charge on any atom is -0.321 e. The van der Waals surface area contributed by atoms with E-state index in [1.165, 1.54) is 6.07 Å². The quantitative estimate of drug-likeness (QED) is 0.849. The van der Waals surface area contributed by atoms with Gasteiger partial charge < -0.3 is 4.98 Å². The first-order valence-corrected chi connectivity index (χ1v) is 4.71. The molecule has 0 spiro atoms. The molecule has 3 nitrogen and oxygen atoms in total. The first-order valence-electron chi connectivity index (χ1n) is 3.63. The van der Waals surface area contributed by atoms with Crippen LogP contribution in [0.5, 0.6) is 0 Å². The van der Waals surface area contributed by atoms with E-state index in [0.29, 0.717) is 3.57 Å². The number of aromatic nitrogens is 1. The highest BCUT2D eigenvalue weighted by Crippen LogP contribution is 2.23. The van der Waals surface area contributed by atoms with E-state index in [9.17, 15) is 13.6 Å². The van der Waals surface area contributed by atoms with Crippen LogP contribution in [0.25, 0.3) is 0 Å². The predicted molar refractivity (Wildman–Crippen MR) is 54.1 cm³/mol. The molecule has 0 saturated carbocycles. The van der Waals surface area contributed by atoms with E-state index in [1.807, 2.05) is 4.98 Å². The molecule has 1 aromatic heterocycles. The zero-order chi connectivity index (χ0) is 10.7. The summed E-state index contributed by atoms with van der Waals surface area (Å²) in [7, 11) is 0. The molecule has 0 aliphatic carbocycles. The highest BCUT2D eigenvalue weighted by atomic mass is 127. The van der Waals surface area contributed by atoms with Gasteiger partial charge in [0.05, 0.1) is 18.2 Å². The number of halogens is 3. The van der Waals surface area contributed by atoms with Gasteiger partial charge in [-0.05, 0) is 22.6 Å². The zero-order valence-electron chi connectivity index (χ0n) is 6.85. The summed E-state index contributed by atoms with van der Waals surface area (Å²) in [6.07, 6.45) is -2.89. The van der Waals surface area contributed by atoms with Gasteiger partial charge in [0.25, 0.3) is 6.43 Å². The van der Waals surface area contributed by atoms with Crippen molar-refractivity contribution in [1.29, 1.82) is 5.26 Å². The summed E-state index contributed by atoms with van der Waals surface area (Å²) in [5.41, 5.74) is -0.836. The number of nitrogens with zero attached hydrogens (tertiary/aromatic N) is 1. The van der Waals surface area contributed by atoms with Gasteiger partial charge >= 0.3 is 0 Å². The maximum Gasteiger partial charge on any atom is 0.278 e. The smallest absolute Gasteiger partial charge is 0.278 e. The van der Waals surface area contributed by atoms with E-state index in [-0.39, 0.29) is 12.0 Å². The van der Waals surface area contributed by atoms with Gasteiger partial charge in [0.15, 0.2) is 0 Å². The second-order valence-corrected chi connectivity index (χ2v) is 3.67. The largest absolute Gasteiger partial charge is 0.321 e. The molecule has 0 aliphatic rings. The Kier molecular flexibility index (Phi) is 3.57. The molecule has 0 aliphatic heterocycles. The van der Waals surface area contributed by atoms with Crippen LogP contribution >= 0.6 is 22.6 Å². The molecule has 1 heterocycles. The van der Waals surface area contributed by atoms with Crippen molar-refractivity contribution in [2.75, 3.05) is 0 Å². The highest BCUT2D eigenvalue weighted by Gasteiger charge is 2.16. The number of hydrogen-bond acceptors (Lipinski definition) is 2. The molecule has 0 aromatic carbocycles. The fraction of sp³-hybridized carbons (Fsp3) is 0.250. The Morgan fingerprint density at radius 3 is 2.79 bits per heavy atom. The summed E-state index contributed by atoms with van der Waals surface area (Å²) < 4.78 is 25.2. The normalized spacial score (nSPS) is 10.2. The lowest BCUT2D eigenvalue weighted by atomic mass is 10.1. The number of pyridine rings is 1. The van der Waals surface area contributed by atoms with Crippen LogP contribution in [0.1, 0.15) is 17.7 Å². The van der Waals surface area contributed by atoms with Crippen molar-refractivity contribution in [3.05, 3.63) is 31.2 Å². The maximum atomic E-state index is 12.4. The van der Waals surface area contributed by atoms with Crippen molar-refractivity contribution in [3.8, 4) is 6.07 Å². The molecule has 0 radical (unpaired) electrons. The molecule has 1 N–H and O–H groups in total. The Labute approximate surface area is 91.9 Å². The number of rotatable bonds is 2. The van der Waals surface area contributed by atoms with Crippen LogP contribution in [0.2, 0.25) is 0 Å². The van der Waals surface area contributed by atoms with Crippen LogP contribution in [-0.4, -0.2) is 4.98 Å². The van der Waals surface area contributed by atoms with Crippen LogP contribution in [0.3, 0.4) is 0 Å². The van der Waals surface area contributed by atoms with Gasteiger partial charge in [0.1, 0.15) is 0 Å². The topological polar surface area (TPSA) is 56.6 Å². The third-order valence-electron chi connectivity index (χ3n) is 1.60. The van der Waals surface area contributed by atoms with E-state index in [0.717, 1.165) is 0 Å². The monoisotopic (exact) mass is 310 g/mol. The number of H-pyrrole nitrogens is 1. The average molecular weight is 310 g/mol. The molecule has 0 unspecified atom stereocenters. The van der Waals surface area contributed by atoms with Gasteiger partial charge in [-0.2, -0.15) is 5.26 Å². The van der Waals surface area contributed by atoms with Gasteiger partial charge in [0.2, 0.25) is 5.56 Å². The van der Waals surface area contributed by atoms with Crippen molar-refractivity contribution < 1.29 is 8.78 Å². The first-order chi connectivity index (χ1) is 6.56. The molecule has 1 rings (SSSR count). The van der Waals surface area contributed by atoms with E-state index in [1.54, 1.807) is 28.7 Å². The number of nitrogens with one attached hydrogen (secondary N) is 1. The second kappa shape index (κ2) is 4.50. The summed E-state index contributed by atoms with van der Waals surface area (Å²) >= 11 is 1.76. The van der Waals surface area contributed by atoms with Crippen LogP contribution in [0, 0.1) is 14.9 Å². The molecule has 74 valence electrons. The van der Waals surface area contributed by atoms with E-state index in [4.69, 9.17) is 5.26 Å². The Bertz CT molecular complexity index is 436. The Balaban J connectivity index is 3.38. The molecule has 0 fully saturated rings. The number of alkyl halides is 2. The highest BCUT2D eigenvalue weighted by molar-refractivity contribution is 14.1. The number of nitriles is 1. The Hall–Kier alpha value is -0.970. The van der Waals surface area contributed by atoms with Gasteiger partial charge in [-0.1, -0.05) is 0 Å². The molecule has 0 atom stereocenters. The standard InChI is InChI=1S/C8H5F2IN2O/c9-8(10)7-4(1-2-12)5(11)3-6(14)13-7/h3,8H,1H2,(H,13,14). The third kappa shape index (κ3) is 2.29. The van der Waals surface area contributed by atoms with E-state index in [2.05, 4.69) is 0 Å². The first kappa shape index (κ1) is 11.1. The molecule has 0 amide bonds. The molecule has 0 bridgehead atoms. The summed E-state index contributed by atoms with van der Waals surface area (Å²) in [4.78, 5) is 12.9. The van der Waals surface area contributed by atoms with Crippen LogP contribution in [-0.2, 0) is 6.42 Å². The molecule has 6 heteroatoms. The molecular formula is C8H5F2IN2O. The number of aromatic amines is 1. The lowest BCUT2D eigenvalue weighted by Gasteiger charge is -2.06. The van der Waals surface area contributed by atoms with Crippen LogP contribution < -0.4 is 5.56 Å². The van der Waals surface area contributed by atoms with Crippen LogP contribution in [0.4, 0.5) is 8.78 Å². The van der Waals surface area contributed by atoms with Crippen molar-refractivity contribution >= 4 is 22.6 Å². The Morgan fingerprint density at radius 2 is 2.29 bits per heavy atom. The van der Waals surface area contributed by atoms with Crippen molar-refractivity contribution in [1.82, 2.24) is 4.98 Å². The number of hydrogen-bond donors (Lipinski definition) is 1. The average Bonchev–Trinajstić information content (AvgIpc) is 2.09. The van der Waals surface area contributed by atoms with Crippen molar-refractivity contribution in [2.24, 2.45) is 0 Å². The van der Waals surface area contributed by atoms with Crippen molar-refractivity contribution in [2.45, 2.75) is 12.8 Å². The third-order valence-corrected chi connectivity index (χ3v) is 2.57. The maximum absolute atomic E-state index is 12.4. The molecule has 1 aromatic rings. The fourth-order valence-corrected chi connectivity index (χ4v) is 1.78. The predicted octanol–water partition coefficient (Wildman–Crippen LogP) is 1.98. The van der Waals surface area contributed by atoms with Gasteiger partial charge in [-0.15, -0.1) is 0 Å². The minimum atomic E-state index is -2.76.